The third-order valence-electron chi connectivity index (χ3n) is 2.70. The maximum Gasteiger partial charge on any atom is 0.415 e. The molecule has 0 radical (unpaired) electrons. The highest BCUT2D eigenvalue weighted by atomic mass is 19.4. The molecule has 1 aromatic rings. The Hall–Kier alpha value is -2.16. The monoisotopic (exact) mass is 308 g/mol. The zero-order valence-electron chi connectivity index (χ0n) is 11.0. The summed E-state index contributed by atoms with van der Waals surface area (Å²) in [5.41, 5.74) is 0.968. The predicted molar refractivity (Wildman–Crippen MR) is 65.0 cm³/mol. The molecule has 1 rings (SSSR count). The van der Waals surface area contributed by atoms with E-state index in [2.05, 4.69) is 4.74 Å². The molecule has 0 bridgehead atoms. The molecular formula is C12H12F4N2O3. The van der Waals surface area contributed by atoms with Crippen LogP contribution in [0.2, 0.25) is 0 Å². The van der Waals surface area contributed by atoms with Gasteiger partial charge in [-0.3, -0.25) is 4.79 Å². The average Bonchev–Trinajstić information content (AvgIpc) is 2.36. The van der Waals surface area contributed by atoms with Crippen molar-refractivity contribution < 1.29 is 31.9 Å². The number of methoxy groups -OCH3 is 1. The van der Waals surface area contributed by atoms with Gasteiger partial charge in [0.15, 0.2) is 5.54 Å². The molecule has 1 amide bonds. The van der Waals surface area contributed by atoms with Crippen molar-refractivity contribution in [3.05, 3.63) is 29.6 Å². The van der Waals surface area contributed by atoms with E-state index in [0.29, 0.717) is 13.0 Å². The van der Waals surface area contributed by atoms with Crippen LogP contribution in [0.3, 0.4) is 0 Å². The highest BCUT2D eigenvalue weighted by Crippen LogP contribution is 2.29. The molecule has 0 saturated carbocycles. The Labute approximate surface area is 117 Å². The van der Waals surface area contributed by atoms with Gasteiger partial charge in [-0.05, 0) is 25.1 Å². The molecule has 0 heterocycles. The number of benzene rings is 1. The zero-order valence-corrected chi connectivity index (χ0v) is 11.0. The lowest BCUT2D eigenvalue weighted by Crippen LogP contribution is -2.59. The number of nitrogens with one attached hydrogen (secondary N) is 1. The molecule has 0 aliphatic heterocycles. The Balaban J connectivity index is 3.16. The van der Waals surface area contributed by atoms with E-state index in [0.717, 1.165) is 19.2 Å². The normalized spacial score (nSPS) is 14.2. The van der Waals surface area contributed by atoms with Crippen LogP contribution in [0.15, 0.2) is 18.2 Å². The van der Waals surface area contributed by atoms with Crippen molar-refractivity contribution in [2.45, 2.75) is 18.6 Å². The molecule has 1 aromatic carbocycles. The molecule has 0 aliphatic carbocycles. The van der Waals surface area contributed by atoms with Gasteiger partial charge in [-0.1, -0.05) is 0 Å². The van der Waals surface area contributed by atoms with Crippen molar-refractivity contribution >= 4 is 17.6 Å². The minimum atomic E-state index is -5.02. The van der Waals surface area contributed by atoms with Crippen LogP contribution in [-0.4, -0.2) is 30.7 Å². The molecule has 0 aliphatic rings. The molecule has 116 valence electrons. The highest BCUT2D eigenvalue weighted by molar-refractivity contribution is 6.04. The number of alkyl halides is 3. The Morgan fingerprint density at radius 1 is 1.29 bits per heavy atom. The number of halogens is 4. The first-order chi connectivity index (χ1) is 9.50. The molecule has 21 heavy (non-hydrogen) atoms. The number of nitrogens with two attached hydrogens (primary N) is 1. The van der Waals surface area contributed by atoms with Gasteiger partial charge in [0.2, 0.25) is 0 Å². The minimum Gasteiger partial charge on any atom is -0.465 e. The van der Waals surface area contributed by atoms with Crippen molar-refractivity contribution in [3.63, 3.8) is 0 Å². The quantitative estimate of drug-likeness (QED) is 0.659. The fraction of sp³-hybridized carbons (Fsp3) is 0.333. The van der Waals surface area contributed by atoms with Gasteiger partial charge in [0.25, 0.3) is 5.91 Å². The Bertz CT molecular complexity index is 570. The van der Waals surface area contributed by atoms with Crippen LogP contribution in [0.5, 0.6) is 0 Å². The van der Waals surface area contributed by atoms with Crippen LogP contribution in [0, 0.1) is 5.82 Å². The molecule has 1 unspecified atom stereocenters. The smallest absolute Gasteiger partial charge is 0.415 e. The summed E-state index contributed by atoms with van der Waals surface area (Å²) in [7, 11) is 1.03. The van der Waals surface area contributed by atoms with E-state index in [-0.39, 0.29) is 5.56 Å². The van der Waals surface area contributed by atoms with Gasteiger partial charge in [0, 0.05) is 0 Å². The minimum absolute atomic E-state index is 0.301. The van der Waals surface area contributed by atoms with E-state index >= 15 is 0 Å². The molecule has 0 aromatic heterocycles. The second kappa shape index (κ2) is 5.68. The Kier molecular flexibility index (Phi) is 4.57. The maximum atomic E-state index is 13.1. The molecule has 5 nitrogen and oxygen atoms in total. The summed E-state index contributed by atoms with van der Waals surface area (Å²) in [6, 6.07) is 2.56. The number of esters is 1. The summed E-state index contributed by atoms with van der Waals surface area (Å²) < 4.78 is 55.4. The fourth-order valence-electron chi connectivity index (χ4n) is 1.29. The summed E-state index contributed by atoms with van der Waals surface area (Å²) in [6.45, 7) is 0.458. The van der Waals surface area contributed by atoms with Gasteiger partial charge in [-0.15, -0.1) is 0 Å². The van der Waals surface area contributed by atoms with Gasteiger partial charge in [-0.2, -0.15) is 13.2 Å². The number of anilines is 1. The number of amides is 1. The second-order valence-electron chi connectivity index (χ2n) is 4.34. The molecule has 1 atom stereocenters. The highest BCUT2D eigenvalue weighted by Gasteiger charge is 2.54. The Morgan fingerprint density at radius 3 is 2.33 bits per heavy atom. The number of ether oxygens (including phenoxy) is 1. The third-order valence-corrected chi connectivity index (χ3v) is 2.70. The maximum absolute atomic E-state index is 13.1. The van der Waals surface area contributed by atoms with Crippen LogP contribution in [0.25, 0.3) is 0 Å². The van der Waals surface area contributed by atoms with E-state index in [1.54, 1.807) is 5.32 Å². The summed E-state index contributed by atoms with van der Waals surface area (Å²) in [4.78, 5) is 23.0. The van der Waals surface area contributed by atoms with Crippen molar-refractivity contribution in [2.24, 2.45) is 5.73 Å². The largest absolute Gasteiger partial charge is 0.465 e. The zero-order chi connectivity index (χ0) is 16.4. The average molecular weight is 308 g/mol. The standard InChI is InChI=1S/C12H12F4N2O3/c1-11(17,12(14,15)16)10(20)18-8-5-6(13)3-4-7(8)9(19)21-2/h3-5H,17H2,1-2H3,(H,18,20). The van der Waals surface area contributed by atoms with E-state index in [1.165, 1.54) is 0 Å². The lowest BCUT2D eigenvalue weighted by Gasteiger charge is -2.26. The van der Waals surface area contributed by atoms with Crippen molar-refractivity contribution in [1.29, 1.82) is 0 Å². The fourth-order valence-corrected chi connectivity index (χ4v) is 1.29. The van der Waals surface area contributed by atoms with Crippen LogP contribution >= 0.6 is 0 Å². The first kappa shape index (κ1) is 16.9. The van der Waals surface area contributed by atoms with Gasteiger partial charge < -0.3 is 15.8 Å². The summed E-state index contributed by atoms with van der Waals surface area (Å²) >= 11 is 0. The Morgan fingerprint density at radius 2 is 1.86 bits per heavy atom. The van der Waals surface area contributed by atoms with Crippen LogP contribution in [0.4, 0.5) is 23.2 Å². The predicted octanol–water partition coefficient (Wildman–Crippen LogP) is 1.83. The molecule has 0 fully saturated rings. The molecular weight excluding hydrogens is 296 g/mol. The SMILES string of the molecule is COC(=O)c1ccc(F)cc1NC(=O)C(C)(N)C(F)(F)F. The number of hydrogen-bond acceptors (Lipinski definition) is 4. The number of rotatable bonds is 3. The van der Waals surface area contributed by atoms with E-state index in [4.69, 9.17) is 5.73 Å². The number of hydrogen-bond donors (Lipinski definition) is 2. The van der Waals surface area contributed by atoms with E-state index in [1.807, 2.05) is 0 Å². The number of carbonyl (C=O) groups excluding carboxylic acids is 2. The lowest BCUT2D eigenvalue weighted by molar-refractivity contribution is -0.184. The third kappa shape index (κ3) is 3.48. The molecule has 0 spiro atoms. The first-order valence-corrected chi connectivity index (χ1v) is 5.55. The summed E-state index contributed by atoms with van der Waals surface area (Å²) in [6.07, 6.45) is -5.02. The number of carbonyl (C=O) groups is 2. The van der Waals surface area contributed by atoms with Crippen molar-refractivity contribution in [3.8, 4) is 0 Å². The van der Waals surface area contributed by atoms with Crippen molar-refractivity contribution in [1.82, 2.24) is 0 Å². The van der Waals surface area contributed by atoms with Gasteiger partial charge in [0.1, 0.15) is 5.82 Å². The van der Waals surface area contributed by atoms with E-state index in [9.17, 15) is 27.2 Å². The van der Waals surface area contributed by atoms with Gasteiger partial charge >= 0.3 is 12.1 Å². The van der Waals surface area contributed by atoms with Crippen LogP contribution < -0.4 is 11.1 Å². The van der Waals surface area contributed by atoms with E-state index < -0.39 is 35.1 Å². The summed E-state index contributed by atoms with van der Waals surface area (Å²) in [5.74, 6) is -3.44. The van der Waals surface area contributed by atoms with Crippen LogP contribution in [0.1, 0.15) is 17.3 Å². The van der Waals surface area contributed by atoms with Gasteiger partial charge in [0.05, 0.1) is 18.4 Å². The lowest BCUT2D eigenvalue weighted by atomic mass is 10.0. The van der Waals surface area contributed by atoms with Gasteiger partial charge in [-0.25, -0.2) is 9.18 Å². The van der Waals surface area contributed by atoms with Crippen LogP contribution in [-0.2, 0) is 9.53 Å². The molecule has 0 saturated heterocycles. The second-order valence-corrected chi connectivity index (χ2v) is 4.34. The topological polar surface area (TPSA) is 81.4 Å². The molecule has 3 N–H and O–H groups in total. The molecule has 9 heteroatoms. The summed E-state index contributed by atoms with van der Waals surface area (Å²) in [5, 5.41) is 1.79. The van der Waals surface area contributed by atoms with Crippen molar-refractivity contribution in [2.75, 3.05) is 12.4 Å². The first-order valence-electron chi connectivity index (χ1n) is 5.55.